The Balaban J connectivity index is 1.53. The highest BCUT2D eigenvalue weighted by atomic mass is 32.1. The minimum Gasteiger partial charge on any atom is -0.323 e. The van der Waals surface area contributed by atoms with Crippen molar-refractivity contribution in [3.8, 4) is 11.5 Å². The summed E-state index contributed by atoms with van der Waals surface area (Å²) in [5.41, 5.74) is 5.55. The topological polar surface area (TPSA) is 91.3 Å². The smallest absolute Gasteiger partial charge is 0.229 e. The first kappa shape index (κ1) is 19.9. The molecule has 9 nitrogen and oxygen atoms in total. The van der Waals surface area contributed by atoms with Crippen LogP contribution in [0.5, 0.6) is 0 Å². The number of rotatable bonds is 4. The van der Waals surface area contributed by atoms with Crippen molar-refractivity contribution in [1.82, 2.24) is 39.5 Å². The van der Waals surface area contributed by atoms with Gasteiger partial charge in [0.05, 0.1) is 33.5 Å². The molecule has 0 saturated carbocycles. The number of aryl methyl sites for hydroxylation is 1. The molecule has 0 saturated heterocycles. The molecule has 0 fully saturated rings. The molecule has 0 spiro atoms. The van der Waals surface area contributed by atoms with Gasteiger partial charge in [-0.25, -0.2) is 4.68 Å². The van der Waals surface area contributed by atoms with E-state index >= 15 is 0 Å². The van der Waals surface area contributed by atoms with E-state index < -0.39 is 0 Å². The fraction of sp³-hybridized carbons (Fsp3) is 0.0800. The van der Waals surface area contributed by atoms with Crippen LogP contribution in [0.4, 0.5) is 5.95 Å². The van der Waals surface area contributed by atoms with Crippen molar-refractivity contribution in [3.63, 3.8) is 0 Å². The Morgan fingerprint density at radius 3 is 2.63 bits per heavy atom. The summed E-state index contributed by atoms with van der Waals surface area (Å²) in [5.74, 6) is 1.51. The highest BCUT2D eigenvalue weighted by molar-refractivity contribution is 7.11. The molecule has 35 heavy (non-hydrogen) atoms. The summed E-state index contributed by atoms with van der Waals surface area (Å²) < 4.78 is 5.85. The molecular weight excluding hydrogens is 458 g/mol. The summed E-state index contributed by atoms with van der Waals surface area (Å²) >= 11 is 1.68. The number of fused-ring (bicyclic) bond motifs is 2. The highest BCUT2D eigenvalue weighted by Gasteiger charge is 2.31. The number of thiophene rings is 1. The fourth-order valence-corrected chi connectivity index (χ4v) is 5.29. The zero-order valence-corrected chi connectivity index (χ0v) is 19.5. The summed E-state index contributed by atoms with van der Waals surface area (Å²) in [4.78, 5) is 1.13. The number of anilines is 1. The molecule has 4 aromatic heterocycles. The second-order valence-electron chi connectivity index (χ2n) is 8.25. The number of allylic oxidation sites excluding steroid dienone is 1. The molecule has 2 aromatic carbocycles. The van der Waals surface area contributed by atoms with E-state index in [4.69, 9.17) is 5.10 Å². The van der Waals surface area contributed by atoms with Crippen LogP contribution in [0.1, 0.15) is 22.2 Å². The summed E-state index contributed by atoms with van der Waals surface area (Å²) in [7, 11) is 0. The predicted molar refractivity (Wildman–Crippen MR) is 135 cm³/mol. The van der Waals surface area contributed by atoms with Crippen molar-refractivity contribution in [3.05, 3.63) is 101 Å². The van der Waals surface area contributed by atoms with Crippen LogP contribution in [0.15, 0.2) is 84.5 Å². The van der Waals surface area contributed by atoms with Gasteiger partial charge in [-0.05, 0) is 48.7 Å². The van der Waals surface area contributed by atoms with Gasteiger partial charge in [0.15, 0.2) is 5.82 Å². The van der Waals surface area contributed by atoms with Crippen molar-refractivity contribution >= 4 is 34.0 Å². The molecule has 0 bridgehead atoms. The molecule has 0 amide bonds. The van der Waals surface area contributed by atoms with E-state index in [-0.39, 0.29) is 6.04 Å². The third-order valence-electron chi connectivity index (χ3n) is 6.16. The largest absolute Gasteiger partial charge is 0.323 e. The van der Waals surface area contributed by atoms with Gasteiger partial charge in [-0.2, -0.15) is 9.78 Å². The number of hydrogen-bond donors (Lipinski definition) is 1. The molecule has 5 heterocycles. The zero-order chi connectivity index (χ0) is 23.4. The van der Waals surface area contributed by atoms with E-state index in [9.17, 15) is 0 Å². The van der Waals surface area contributed by atoms with Crippen LogP contribution >= 0.6 is 11.3 Å². The first-order chi connectivity index (χ1) is 17.3. The lowest BCUT2D eigenvalue weighted by Gasteiger charge is -2.25. The molecule has 0 radical (unpaired) electrons. The Morgan fingerprint density at radius 1 is 0.914 bits per heavy atom. The monoisotopic (exact) mass is 477 g/mol. The van der Waals surface area contributed by atoms with Gasteiger partial charge >= 0.3 is 0 Å². The summed E-state index contributed by atoms with van der Waals surface area (Å²) in [5, 5.41) is 28.0. The number of para-hydroxylation sites is 2. The second-order valence-corrected chi connectivity index (χ2v) is 9.20. The molecule has 10 heteroatoms. The normalized spacial score (nSPS) is 15.1. The Hall–Kier alpha value is -4.57. The zero-order valence-electron chi connectivity index (χ0n) is 18.6. The predicted octanol–water partition coefficient (Wildman–Crippen LogP) is 4.62. The molecule has 7 rings (SSSR count). The molecule has 1 N–H and O–H groups in total. The van der Waals surface area contributed by atoms with Gasteiger partial charge in [0.1, 0.15) is 11.8 Å². The van der Waals surface area contributed by atoms with Crippen LogP contribution in [0.2, 0.25) is 0 Å². The lowest BCUT2D eigenvalue weighted by molar-refractivity contribution is 0.674. The molecule has 1 aliphatic rings. The number of benzene rings is 2. The molecule has 1 atom stereocenters. The lowest BCUT2D eigenvalue weighted by Crippen LogP contribution is -2.20. The van der Waals surface area contributed by atoms with Crippen LogP contribution < -0.4 is 5.32 Å². The van der Waals surface area contributed by atoms with E-state index in [1.807, 2.05) is 81.5 Å². The van der Waals surface area contributed by atoms with Gasteiger partial charge in [0.2, 0.25) is 5.95 Å². The van der Waals surface area contributed by atoms with E-state index in [1.54, 1.807) is 17.7 Å². The number of aromatic nitrogens is 8. The molecule has 6 aromatic rings. The van der Waals surface area contributed by atoms with Crippen molar-refractivity contribution in [1.29, 1.82) is 0 Å². The van der Waals surface area contributed by atoms with E-state index in [0.29, 0.717) is 5.95 Å². The van der Waals surface area contributed by atoms with Crippen LogP contribution in [0.25, 0.3) is 28.2 Å². The second kappa shape index (κ2) is 7.74. The molecule has 1 aliphatic heterocycles. The van der Waals surface area contributed by atoms with Crippen LogP contribution in [0, 0.1) is 6.92 Å². The van der Waals surface area contributed by atoms with Crippen molar-refractivity contribution in [2.24, 2.45) is 0 Å². The average molecular weight is 478 g/mol. The maximum atomic E-state index is 4.99. The van der Waals surface area contributed by atoms with Gasteiger partial charge in [-0.15, -0.1) is 26.6 Å². The van der Waals surface area contributed by atoms with Gasteiger partial charge in [-0.1, -0.05) is 41.6 Å². The third kappa shape index (κ3) is 3.11. The van der Waals surface area contributed by atoms with Gasteiger partial charge in [-0.3, -0.25) is 4.57 Å². The quantitative estimate of drug-likeness (QED) is 0.398. The average Bonchev–Trinajstić information content (AvgIpc) is 3.69. The van der Waals surface area contributed by atoms with Gasteiger partial charge in [0, 0.05) is 5.56 Å². The number of nitrogens with one attached hydrogen (secondary N) is 1. The minimum atomic E-state index is -0.200. The summed E-state index contributed by atoms with van der Waals surface area (Å²) in [6.07, 6.45) is 3.95. The van der Waals surface area contributed by atoms with Crippen LogP contribution in [0.3, 0.4) is 0 Å². The SMILES string of the molecule is Cc1nn(-c2ccccc2)c(-n2nnc3ccccc32)c1C1C=C(c2cccs2)Nc2nncn21. The third-order valence-corrected chi connectivity index (χ3v) is 7.06. The van der Waals surface area contributed by atoms with E-state index in [0.717, 1.165) is 44.4 Å². The van der Waals surface area contributed by atoms with Crippen molar-refractivity contribution < 1.29 is 0 Å². The lowest BCUT2D eigenvalue weighted by atomic mass is 10.0. The van der Waals surface area contributed by atoms with Crippen LogP contribution in [-0.2, 0) is 0 Å². The number of nitrogens with zero attached hydrogens (tertiary/aromatic N) is 8. The Kier molecular flexibility index (Phi) is 4.39. The summed E-state index contributed by atoms with van der Waals surface area (Å²) in [6.45, 7) is 2.03. The highest BCUT2D eigenvalue weighted by Crippen LogP contribution is 2.38. The molecule has 170 valence electrons. The first-order valence-electron chi connectivity index (χ1n) is 11.2. The van der Waals surface area contributed by atoms with E-state index in [2.05, 4.69) is 43.3 Å². The fourth-order valence-electron chi connectivity index (χ4n) is 4.59. The molecule has 1 unspecified atom stereocenters. The standard InChI is InChI=1S/C25H19N9S/c1-16-23(21-14-19(22-12-7-13-35-22)27-25-29-26-15-32(21)25)24(33(30-16)17-8-3-2-4-9-17)34-20-11-6-5-10-18(20)28-31-34/h2-15,21H,1H3,(H,27,29). The van der Waals surface area contributed by atoms with Gasteiger partial charge < -0.3 is 5.32 Å². The Morgan fingerprint density at radius 2 is 1.77 bits per heavy atom. The Labute approximate surface area is 204 Å². The number of hydrogen-bond acceptors (Lipinski definition) is 7. The minimum absolute atomic E-state index is 0.200. The molecule has 0 aliphatic carbocycles. The summed E-state index contributed by atoms with van der Waals surface area (Å²) in [6, 6.07) is 22.0. The van der Waals surface area contributed by atoms with Crippen molar-refractivity contribution in [2.75, 3.05) is 5.32 Å². The van der Waals surface area contributed by atoms with E-state index in [1.165, 1.54) is 0 Å². The van der Waals surface area contributed by atoms with Crippen molar-refractivity contribution in [2.45, 2.75) is 13.0 Å². The van der Waals surface area contributed by atoms with Crippen LogP contribution in [-0.4, -0.2) is 39.5 Å². The van der Waals surface area contributed by atoms with Gasteiger partial charge in [0.25, 0.3) is 0 Å². The maximum Gasteiger partial charge on any atom is 0.229 e. The Bertz CT molecular complexity index is 1690. The molecular formula is C25H19N9S. The maximum absolute atomic E-state index is 4.99. The first-order valence-corrected chi connectivity index (χ1v) is 12.0.